The molecular formula is C20H30N4O2S. The number of fused-ring (bicyclic) bond motifs is 1. The second-order valence-corrected chi connectivity index (χ2v) is 8.27. The highest BCUT2D eigenvalue weighted by Crippen LogP contribution is 2.25. The Morgan fingerprint density at radius 1 is 1.44 bits per heavy atom. The number of thiophene rings is 1. The van der Waals surface area contributed by atoms with Gasteiger partial charge < -0.3 is 20.2 Å². The molecule has 1 aliphatic heterocycles. The van der Waals surface area contributed by atoms with Gasteiger partial charge in [0, 0.05) is 37.1 Å². The zero-order chi connectivity index (χ0) is 19.3. The van der Waals surface area contributed by atoms with Crippen LogP contribution in [0.5, 0.6) is 0 Å². The molecule has 0 saturated heterocycles. The second kappa shape index (κ2) is 8.91. The highest BCUT2D eigenvalue weighted by Gasteiger charge is 2.26. The SMILES string of the molecule is CCNC(=NCC(C)(O)c1ccco1)NCC(C)N1CCc2sccc2C1. The third-order valence-corrected chi connectivity index (χ3v) is 5.99. The van der Waals surface area contributed by atoms with Gasteiger partial charge in [-0.3, -0.25) is 4.90 Å². The molecule has 7 heteroatoms. The molecule has 1 aliphatic rings. The van der Waals surface area contributed by atoms with Gasteiger partial charge in [0.05, 0.1) is 12.8 Å². The van der Waals surface area contributed by atoms with Crippen molar-refractivity contribution in [3.05, 3.63) is 46.0 Å². The number of nitrogens with one attached hydrogen (secondary N) is 2. The molecule has 0 bridgehead atoms. The Kier molecular flexibility index (Phi) is 6.57. The van der Waals surface area contributed by atoms with Gasteiger partial charge >= 0.3 is 0 Å². The van der Waals surface area contributed by atoms with Crippen LogP contribution >= 0.6 is 11.3 Å². The summed E-state index contributed by atoms with van der Waals surface area (Å²) in [6, 6.07) is 6.19. The van der Waals surface area contributed by atoms with Crippen molar-refractivity contribution in [3.8, 4) is 0 Å². The van der Waals surface area contributed by atoms with E-state index in [-0.39, 0.29) is 6.54 Å². The van der Waals surface area contributed by atoms with Gasteiger partial charge in [-0.1, -0.05) is 0 Å². The van der Waals surface area contributed by atoms with Gasteiger partial charge in [0.1, 0.15) is 11.4 Å². The number of furan rings is 1. The largest absolute Gasteiger partial charge is 0.466 e. The van der Waals surface area contributed by atoms with Crippen LogP contribution < -0.4 is 10.6 Å². The quantitative estimate of drug-likeness (QED) is 0.501. The second-order valence-electron chi connectivity index (χ2n) is 7.27. The first-order chi connectivity index (χ1) is 13.0. The van der Waals surface area contributed by atoms with E-state index in [2.05, 4.69) is 38.9 Å². The van der Waals surface area contributed by atoms with Gasteiger partial charge in [-0.25, -0.2) is 4.99 Å². The molecule has 0 aliphatic carbocycles. The first-order valence-corrected chi connectivity index (χ1v) is 10.5. The third-order valence-electron chi connectivity index (χ3n) is 4.97. The molecule has 3 N–H and O–H groups in total. The van der Waals surface area contributed by atoms with Gasteiger partial charge in [0.25, 0.3) is 0 Å². The number of guanidine groups is 1. The van der Waals surface area contributed by atoms with Crippen molar-refractivity contribution in [2.45, 2.75) is 45.4 Å². The van der Waals surface area contributed by atoms with E-state index < -0.39 is 5.60 Å². The normalized spacial score (nSPS) is 18.6. The monoisotopic (exact) mass is 390 g/mol. The number of aliphatic hydroxyl groups is 1. The Bertz CT molecular complexity index is 739. The number of hydrogen-bond acceptors (Lipinski definition) is 5. The maximum atomic E-state index is 10.6. The van der Waals surface area contributed by atoms with Crippen LogP contribution in [0.3, 0.4) is 0 Å². The molecule has 0 amide bonds. The minimum absolute atomic E-state index is 0.228. The molecular weight excluding hydrogens is 360 g/mol. The predicted octanol–water partition coefficient (Wildman–Crippen LogP) is 2.55. The van der Waals surface area contributed by atoms with Gasteiger partial charge in [-0.05, 0) is 56.3 Å². The van der Waals surface area contributed by atoms with E-state index in [0.717, 1.165) is 32.6 Å². The van der Waals surface area contributed by atoms with Crippen LogP contribution in [0.15, 0.2) is 39.3 Å². The molecule has 0 radical (unpaired) electrons. The summed E-state index contributed by atoms with van der Waals surface area (Å²) in [4.78, 5) is 8.59. The van der Waals surface area contributed by atoms with E-state index in [1.807, 2.05) is 18.3 Å². The van der Waals surface area contributed by atoms with Gasteiger partial charge in [0.2, 0.25) is 0 Å². The summed E-state index contributed by atoms with van der Waals surface area (Å²) in [7, 11) is 0. The maximum absolute atomic E-state index is 10.6. The number of hydrogen-bond donors (Lipinski definition) is 3. The Hall–Kier alpha value is -1.83. The van der Waals surface area contributed by atoms with Crippen LogP contribution in [0.25, 0.3) is 0 Å². The van der Waals surface area contributed by atoms with Crippen LogP contribution in [-0.4, -0.2) is 48.2 Å². The molecule has 148 valence electrons. The fourth-order valence-corrected chi connectivity index (χ4v) is 4.15. The highest BCUT2D eigenvalue weighted by molar-refractivity contribution is 7.10. The topological polar surface area (TPSA) is 73.0 Å². The molecule has 2 aromatic heterocycles. The van der Waals surface area contributed by atoms with Gasteiger partial charge in [-0.15, -0.1) is 11.3 Å². The average Bonchev–Trinajstić information content (AvgIpc) is 3.35. The Morgan fingerprint density at radius 2 is 2.30 bits per heavy atom. The van der Waals surface area contributed by atoms with Crippen molar-refractivity contribution in [2.24, 2.45) is 4.99 Å². The van der Waals surface area contributed by atoms with Crippen molar-refractivity contribution in [2.75, 3.05) is 26.2 Å². The standard InChI is InChI=1S/C20H30N4O2S/c1-4-21-19(23-14-20(3,25)18-6-5-10-26-18)22-12-15(2)24-9-7-17-16(13-24)8-11-27-17/h5-6,8,10-11,15,25H,4,7,9,12-14H2,1-3H3,(H2,21,22,23). The van der Waals surface area contributed by atoms with E-state index in [1.165, 1.54) is 10.4 Å². The molecule has 0 aromatic carbocycles. The first-order valence-electron chi connectivity index (χ1n) is 9.57. The zero-order valence-electron chi connectivity index (χ0n) is 16.4. The van der Waals surface area contributed by atoms with E-state index in [0.29, 0.717) is 17.8 Å². The van der Waals surface area contributed by atoms with Crippen LogP contribution in [0.2, 0.25) is 0 Å². The summed E-state index contributed by atoms with van der Waals surface area (Å²) in [5.74, 6) is 1.24. The lowest BCUT2D eigenvalue weighted by atomic mass is 10.0. The van der Waals surface area contributed by atoms with Crippen molar-refractivity contribution in [1.82, 2.24) is 15.5 Å². The lowest BCUT2D eigenvalue weighted by Crippen LogP contribution is -2.47. The van der Waals surface area contributed by atoms with Crippen molar-refractivity contribution < 1.29 is 9.52 Å². The average molecular weight is 391 g/mol. The first kappa shape index (κ1) is 19.9. The Labute approximate surface area is 165 Å². The summed E-state index contributed by atoms with van der Waals surface area (Å²) >= 11 is 1.87. The zero-order valence-corrected chi connectivity index (χ0v) is 17.2. The number of aliphatic imine (C=N–C) groups is 1. The lowest BCUT2D eigenvalue weighted by molar-refractivity contribution is 0.0437. The minimum Gasteiger partial charge on any atom is -0.466 e. The van der Waals surface area contributed by atoms with E-state index in [9.17, 15) is 5.11 Å². The molecule has 0 fully saturated rings. The summed E-state index contributed by atoms with van der Waals surface area (Å²) in [5, 5.41) is 19.4. The number of rotatable bonds is 7. The van der Waals surface area contributed by atoms with Crippen molar-refractivity contribution >= 4 is 17.3 Å². The Morgan fingerprint density at radius 3 is 3.04 bits per heavy atom. The third kappa shape index (κ3) is 5.12. The summed E-state index contributed by atoms with van der Waals surface area (Å²) < 4.78 is 5.32. The molecule has 3 rings (SSSR count). The van der Waals surface area contributed by atoms with E-state index >= 15 is 0 Å². The number of nitrogens with zero attached hydrogens (tertiary/aromatic N) is 2. The van der Waals surface area contributed by atoms with Gasteiger partial charge in [-0.2, -0.15) is 0 Å². The Balaban J connectivity index is 1.55. The fourth-order valence-electron chi connectivity index (χ4n) is 3.26. The maximum Gasteiger partial charge on any atom is 0.191 e. The van der Waals surface area contributed by atoms with Crippen LogP contribution in [-0.2, 0) is 18.6 Å². The molecule has 2 atom stereocenters. The highest BCUT2D eigenvalue weighted by atomic mass is 32.1. The lowest BCUT2D eigenvalue weighted by Gasteiger charge is -2.32. The van der Waals surface area contributed by atoms with Gasteiger partial charge in [0.15, 0.2) is 5.96 Å². The predicted molar refractivity (Wildman–Crippen MR) is 110 cm³/mol. The minimum atomic E-state index is -1.13. The smallest absolute Gasteiger partial charge is 0.191 e. The molecule has 2 aromatic rings. The summed E-state index contributed by atoms with van der Waals surface area (Å²) in [6.07, 6.45) is 2.70. The van der Waals surface area contributed by atoms with Crippen molar-refractivity contribution in [1.29, 1.82) is 0 Å². The molecule has 2 unspecified atom stereocenters. The molecule has 6 nitrogen and oxygen atoms in total. The molecule has 0 saturated carbocycles. The van der Waals surface area contributed by atoms with Crippen LogP contribution in [0, 0.1) is 0 Å². The fraction of sp³-hybridized carbons (Fsp3) is 0.550. The molecule has 27 heavy (non-hydrogen) atoms. The van der Waals surface area contributed by atoms with E-state index in [4.69, 9.17) is 4.42 Å². The van der Waals surface area contributed by atoms with Crippen LogP contribution in [0.1, 0.15) is 37.0 Å². The summed E-state index contributed by atoms with van der Waals surface area (Å²) in [6.45, 7) is 9.90. The van der Waals surface area contributed by atoms with E-state index in [1.54, 1.807) is 25.3 Å². The van der Waals surface area contributed by atoms with Crippen LogP contribution in [0.4, 0.5) is 0 Å². The molecule has 0 spiro atoms. The molecule has 3 heterocycles. The van der Waals surface area contributed by atoms with Crippen molar-refractivity contribution in [3.63, 3.8) is 0 Å². The summed E-state index contributed by atoms with van der Waals surface area (Å²) in [5.41, 5.74) is 0.341.